The van der Waals surface area contributed by atoms with Crippen LogP contribution in [-0.4, -0.2) is 31.1 Å². The van der Waals surface area contributed by atoms with Gasteiger partial charge in [0.1, 0.15) is 0 Å². The molecule has 2 amide bonds. The first-order chi connectivity index (χ1) is 15.6. The minimum Gasteiger partial charge on any atom is -0.459 e. The van der Waals surface area contributed by atoms with Gasteiger partial charge in [0, 0.05) is 18.8 Å². The number of ether oxygens (including phenoxy) is 1. The molecule has 0 radical (unpaired) electrons. The minimum atomic E-state index is -0.211. The summed E-state index contributed by atoms with van der Waals surface area (Å²) in [6, 6.07) is 19.0. The monoisotopic (exact) mass is 432 g/mol. The number of carbonyl (C=O) groups excluding carboxylic acids is 2. The Bertz CT molecular complexity index is 1020. The lowest BCUT2D eigenvalue weighted by atomic mass is 10.1. The number of hydrogen-bond acceptors (Lipinski definition) is 4. The molecular formula is C26H28N2O4. The lowest BCUT2D eigenvalue weighted by molar-refractivity contribution is -0.120. The van der Waals surface area contributed by atoms with Crippen molar-refractivity contribution in [2.24, 2.45) is 0 Å². The van der Waals surface area contributed by atoms with Gasteiger partial charge < -0.3 is 19.4 Å². The van der Waals surface area contributed by atoms with Gasteiger partial charge in [-0.15, -0.1) is 0 Å². The van der Waals surface area contributed by atoms with Crippen LogP contribution in [-0.2, 0) is 22.5 Å². The molecule has 0 unspecified atom stereocenters. The third-order valence-corrected chi connectivity index (χ3v) is 5.60. The van der Waals surface area contributed by atoms with Crippen molar-refractivity contribution in [2.75, 3.05) is 18.1 Å². The Morgan fingerprint density at radius 3 is 2.44 bits per heavy atom. The van der Waals surface area contributed by atoms with Gasteiger partial charge in [-0.2, -0.15) is 0 Å². The number of anilines is 1. The van der Waals surface area contributed by atoms with E-state index in [-0.39, 0.29) is 30.1 Å². The summed E-state index contributed by atoms with van der Waals surface area (Å²) < 4.78 is 10.9. The summed E-state index contributed by atoms with van der Waals surface area (Å²) in [5.41, 5.74) is 3.82. The molecule has 1 aliphatic heterocycles. The van der Waals surface area contributed by atoms with Crippen molar-refractivity contribution < 1.29 is 18.7 Å². The van der Waals surface area contributed by atoms with E-state index in [1.54, 1.807) is 17.0 Å². The largest absolute Gasteiger partial charge is 0.459 e. The molecule has 1 fully saturated rings. The topological polar surface area (TPSA) is 71.8 Å². The van der Waals surface area contributed by atoms with E-state index in [0.717, 1.165) is 36.3 Å². The SMILES string of the molecule is Cc1ccc(CN(C(=O)c2ccco2)c2ccc(CC(=O)NC[C@@H]3CCCO3)cc2)cc1. The number of hydrogen-bond donors (Lipinski definition) is 1. The Kier molecular flexibility index (Phi) is 7.02. The van der Waals surface area contributed by atoms with Crippen molar-refractivity contribution in [3.05, 3.63) is 89.4 Å². The second-order valence-electron chi connectivity index (χ2n) is 8.14. The van der Waals surface area contributed by atoms with E-state index in [1.165, 1.54) is 11.8 Å². The number of amides is 2. The summed E-state index contributed by atoms with van der Waals surface area (Å²) in [6.07, 6.45) is 3.96. The summed E-state index contributed by atoms with van der Waals surface area (Å²) in [5.74, 6) is 0.0451. The second-order valence-corrected chi connectivity index (χ2v) is 8.14. The highest BCUT2D eigenvalue weighted by Gasteiger charge is 2.21. The highest BCUT2D eigenvalue weighted by molar-refractivity contribution is 6.04. The molecule has 1 saturated heterocycles. The summed E-state index contributed by atoms with van der Waals surface area (Å²) in [4.78, 5) is 27.1. The van der Waals surface area contributed by atoms with Crippen molar-refractivity contribution in [1.82, 2.24) is 5.32 Å². The molecule has 2 aromatic carbocycles. The van der Waals surface area contributed by atoms with Gasteiger partial charge in [0.05, 0.1) is 25.3 Å². The van der Waals surface area contributed by atoms with Crippen LogP contribution in [0.2, 0.25) is 0 Å². The number of nitrogens with zero attached hydrogens (tertiary/aromatic N) is 1. The highest BCUT2D eigenvalue weighted by atomic mass is 16.5. The van der Waals surface area contributed by atoms with Crippen LogP contribution in [0.25, 0.3) is 0 Å². The summed E-state index contributed by atoms with van der Waals surface area (Å²) in [7, 11) is 0. The molecule has 1 aliphatic rings. The molecule has 0 bridgehead atoms. The minimum absolute atomic E-state index is 0.0311. The average molecular weight is 433 g/mol. The lowest BCUT2D eigenvalue weighted by Crippen LogP contribution is -2.32. The molecule has 6 heteroatoms. The molecular weight excluding hydrogens is 404 g/mol. The molecule has 4 rings (SSSR count). The van der Waals surface area contributed by atoms with Crippen LogP contribution in [0.4, 0.5) is 5.69 Å². The summed E-state index contributed by atoms with van der Waals surface area (Å²) in [6.45, 7) is 3.78. The molecule has 3 aromatic rings. The number of aryl methyl sites for hydroxylation is 1. The van der Waals surface area contributed by atoms with Gasteiger partial charge in [-0.25, -0.2) is 0 Å². The van der Waals surface area contributed by atoms with Crippen LogP contribution in [0.3, 0.4) is 0 Å². The molecule has 6 nitrogen and oxygen atoms in total. The fourth-order valence-corrected chi connectivity index (χ4v) is 3.76. The summed E-state index contributed by atoms with van der Waals surface area (Å²) >= 11 is 0. The number of benzene rings is 2. The Balaban J connectivity index is 1.45. The van der Waals surface area contributed by atoms with E-state index in [0.29, 0.717) is 13.1 Å². The van der Waals surface area contributed by atoms with Crippen LogP contribution in [0, 0.1) is 6.92 Å². The van der Waals surface area contributed by atoms with Gasteiger partial charge in [0.15, 0.2) is 5.76 Å². The lowest BCUT2D eigenvalue weighted by Gasteiger charge is -2.22. The van der Waals surface area contributed by atoms with E-state index in [4.69, 9.17) is 9.15 Å². The van der Waals surface area contributed by atoms with E-state index >= 15 is 0 Å². The molecule has 0 saturated carbocycles. The first-order valence-electron chi connectivity index (χ1n) is 11.0. The van der Waals surface area contributed by atoms with Crippen molar-refractivity contribution in [3.8, 4) is 0 Å². The molecule has 32 heavy (non-hydrogen) atoms. The quantitative estimate of drug-likeness (QED) is 0.577. The third kappa shape index (κ3) is 5.65. The van der Waals surface area contributed by atoms with E-state index in [2.05, 4.69) is 5.32 Å². The molecule has 0 spiro atoms. The Labute approximate surface area is 188 Å². The zero-order chi connectivity index (χ0) is 22.3. The van der Waals surface area contributed by atoms with Crippen LogP contribution in [0.5, 0.6) is 0 Å². The molecule has 0 aliphatic carbocycles. The van der Waals surface area contributed by atoms with Gasteiger partial charge in [0.2, 0.25) is 5.91 Å². The number of nitrogens with one attached hydrogen (secondary N) is 1. The molecule has 1 N–H and O–H groups in total. The van der Waals surface area contributed by atoms with Crippen LogP contribution < -0.4 is 10.2 Å². The zero-order valence-electron chi connectivity index (χ0n) is 18.3. The third-order valence-electron chi connectivity index (χ3n) is 5.60. The number of carbonyl (C=O) groups is 2. The Hall–Kier alpha value is -3.38. The molecule has 1 aromatic heterocycles. The number of rotatable bonds is 8. The maximum atomic E-state index is 13.1. The van der Waals surface area contributed by atoms with Crippen LogP contribution in [0.15, 0.2) is 71.3 Å². The fraction of sp³-hybridized carbons (Fsp3) is 0.308. The van der Waals surface area contributed by atoms with Crippen molar-refractivity contribution in [3.63, 3.8) is 0 Å². The van der Waals surface area contributed by atoms with Gasteiger partial charge in [-0.1, -0.05) is 42.0 Å². The van der Waals surface area contributed by atoms with Gasteiger partial charge >= 0.3 is 0 Å². The predicted octanol–water partition coefficient (Wildman–Crippen LogP) is 4.27. The summed E-state index contributed by atoms with van der Waals surface area (Å²) in [5, 5.41) is 2.94. The maximum Gasteiger partial charge on any atom is 0.294 e. The average Bonchev–Trinajstić information content (AvgIpc) is 3.52. The van der Waals surface area contributed by atoms with E-state index < -0.39 is 0 Å². The van der Waals surface area contributed by atoms with Gasteiger partial charge in [0.25, 0.3) is 5.91 Å². The smallest absolute Gasteiger partial charge is 0.294 e. The zero-order valence-corrected chi connectivity index (χ0v) is 18.3. The number of furan rings is 1. The Morgan fingerprint density at radius 1 is 1.03 bits per heavy atom. The molecule has 1 atom stereocenters. The first kappa shape index (κ1) is 21.8. The Morgan fingerprint density at radius 2 is 1.78 bits per heavy atom. The molecule has 166 valence electrons. The molecule has 2 heterocycles. The van der Waals surface area contributed by atoms with Crippen molar-refractivity contribution >= 4 is 17.5 Å². The van der Waals surface area contributed by atoms with Crippen molar-refractivity contribution in [2.45, 2.75) is 38.8 Å². The fourth-order valence-electron chi connectivity index (χ4n) is 3.76. The highest BCUT2D eigenvalue weighted by Crippen LogP contribution is 2.22. The first-order valence-corrected chi connectivity index (χ1v) is 11.0. The second kappa shape index (κ2) is 10.3. The van der Waals surface area contributed by atoms with Crippen LogP contribution >= 0.6 is 0 Å². The standard InChI is InChI=1S/C26H28N2O4/c1-19-6-8-21(9-7-19)18-28(26(30)24-5-3-15-32-24)22-12-10-20(11-13-22)16-25(29)27-17-23-4-2-14-31-23/h3,5-13,15,23H,2,4,14,16-18H2,1H3,(H,27,29)/t23-/m0/s1. The van der Waals surface area contributed by atoms with Gasteiger partial charge in [-0.05, 0) is 55.2 Å². The van der Waals surface area contributed by atoms with Gasteiger partial charge in [-0.3, -0.25) is 9.59 Å². The van der Waals surface area contributed by atoms with E-state index in [9.17, 15) is 9.59 Å². The van der Waals surface area contributed by atoms with Crippen LogP contribution in [0.1, 0.15) is 40.1 Å². The van der Waals surface area contributed by atoms with Crippen molar-refractivity contribution in [1.29, 1.82) is 0 Å². The predicted molar refractivity (Wildman–Crippen MR) is 123 cm³/mol. The normalized spacial score (nSPS) is 15.5. The maximum absolute atomic E-state index is 13.1. The van der Waals surface area contributed by atoms with E-state index in [1.807, 2.05) is 55.5 Å².